The lowest BCUT2D eigenvalue weighted by Crippen LogP contribution is -2.58. The molecule has 0 aromatic heterocycles. The minimum atomic E-state index is -1.47. The number of aliphatic hydroxyl groups is 1. The van der Waals surface area contributed by atoms with Crippen molar-refractivity contribution in [1.29, 1.82) is 0 Å². The summed E-state index contributed by atoms with van der Waals surface area (Å²) in [5.74, 6) is -5.67. The van der Waals surface area contributed by atoms with Crippen LogP contribution < -0.4 is 33.2 Å². The third-order valence-electron chi connectivity index (χ3n) is 4.68. The SMILES string of the molecule is CC(C)C(N)C(=O)NC(CO)C(=O)NC(CCC(=O)O)C(=O)NC(CCCN=C(N)N)C(=O)O. The molecular formula is C19H35N7O8. The summed E-state index contributed by atoms with van der Waals surface area (Å²) in [4.78, 5) is 63.5. The number of aliphatic hydroxyl groups excluding tert-OH is 1. The molecule has 34 heavy (non-hydrogen) atoms. The number of aliphatic imine (C=N–C) groups is 1. The number of carboxylic acid groups (broad SMARTS) is 2. The lowest BCUT2D eigenvalue weighted by atomic mass is 10.0. The second kappa shape index (κ2) is 15.4. The Balaban J connectivity index is 5.33. The Bertz CT molecular complexity index is 755. The van der Waals surface area contributed by atoms with Crippen molar-refractivity contribution in [3.63, 3.8) is 0 Å². The summed E-state index contributed by atoms with van der Waals surface area (Å²) in [5, 5.41) is 34.5. The monoisotopic (exact) mass is 489 g/mol. The van der Waals surface area contributed by atoms with Gasteiger partial charge in [0.1, 0.15) is 18.1 Å². The Morgan fingerprint density at radius 2 is 1.38 bits per heavy atom. The van der Waals surface area contributed by atoms with Crippen LogP contribution in [-0.2, 0) is 24.0 Å². The Morgan fingerprint density at radius 1 is 0.853 bits per heavy atom. The van der Waals surface area contributed by atoms with Gasteiger partial charge in [-0.3, -0.25) is 24.2 Å². The van der Waals surface area contributed by atoms with Gasteiger partial charge >= 0.3 is 11.9 Å². The molecule has 0 aliphatic rings. The van der Waals surface area contributed by atoms with Gasteiger partial charge in [-0.05, 0) is 25.2 Å². The summed E-state index contributed by atoms with van der Waals surface area (Å²) in [5.41, 5.74) is 16.1. The predicted octanol–water partition coefficient (Wildman–Crippen LogP) is -3.58. The van der Waals surface area contributed by atoms with Crippen molar-refractivity contribution >= 4 is 35.6 Å². The van der Waals surface area contributed by atoms with Crippen LogP contribution in [-0.4, -0.2) is 88.3 Å². The summed E-state index contributed by atoms with van der Waals surface area (Å²) in [6.07, 6.45) is -0.713. The summed E-state index contributed by atoms with van der Waals surface area (Å²) in [7, 11) is 0. The van der Waals surface area contributed by atoms with Crippen molar-refractivity contribution in [2.24, 2.45) is 28.1 Å². The number of hydrogen-bond acceptors (Lipinski definition) is 8. The third kappa shape index (κ3) is 12.0. The molecule has 4 atom stereocenters. The number of nitrogens with one attached hydrogen (secondary N) is 3. The van der Waals surface area contributed by atoms with Crippen molar-refractivity contribution in [3.8, 4) is 0 Å². The number of nitrogens with zero attached hydrogens (tertiary/aromatic N) is 1. The molecule has 194 valence electrons. The standard InChI is InChI=1S/C19H35N7O8/c1-9(2)14(20)17(32)26-12(8-27)16(31)24-10(5-6-13(28)29)15(30)25-11(18(33)34)4-3-7-23-19(21)22/h9-12,14,27H,3-8,20H2,1-2H3,(H,24,31)(H,25,30)(H,26,32)(H,28,29)(H,33,34)(H4,21,22,23). The van der Waals surface area contributed by atoms with Crippen LogP contribution in [0.15, 0.2) is 4.99 Å². The molecule has 0 fully saturated rings. The molecule has 15 heteroatoms. The third-order valence-corrected chi connectivity index (χ3v) is 4.68. The van der Waals surface area contributed by atoms with Gasteiger partial charge in [0.2, 0.25) is 17.7 Å². The molecule has 0 spiro atoms. The van der Waals surface area contributed by atoms with Crippen molar-refractivity contribution in [2.45, 2.75) is 63.7 Å². The van der Waals surface area contributed by atoms with E-state index in [0.717, 1.165) is 0 Å². The maximum atomic E-state index is 12.7. The number of nitrogens with two attached hydrogens (primary N) is 3. The Hall–Kier alpha value is -3.46. The van der Waals surface area contributed by atoms with Crippen LogP contribution in [0.2, 0.25) is 0 Å². The largest absolute Gasteiger partial charge is 0.481 e. The van der Waals surface area contributed by atoms with Crippen LogP contribution in [0.25, 0.3) is 0 Å². The summed E-state index contributed by atoms with van der Waals surface area (Å²) < 4.78 is 0. The number of amides is 3. The Morgan fingerprint density at radius 3 is 1.85 bits per heavy atom. The average Bonchev–Trinajstić information content (AvgIpc) is 2.75. The number of carbonyl (C=O) groups is 5. The highest BCUT2D eigenvalue weighted by atomic mass is 16.4. The molecule has 4 unspecified atom stereocenters. The topological polar surface area (TPSA) is 273 Å². The maximum absolute atomic E-state index is 12.7. The van der Waals surface area contributed by atoms with E-state index < -0.39 is 66.9 Å². The minimum Gasteiger partial charge on any atom is -0.481 e. The Kier molecular flexibility index (Phi) is 13.8. The van der Waals surface area contributed by atoms with Gasteiger partial charge in [-0.2, -0.15) is 0 Å². The first-order valence-corrected chi connectivity index (χ1v) is 10.6. The predicted molar refractivity (Wildman–Crippen MR) is 120 cm³/mol. The van der Waals surface area contributed by atoms with Crippen molar-refractivity contribution in [2.75, 3.05) is 13.2 Å². The quantitative estimate of drug-likeness (QED) is 0.0580. The highest BCUT2D eigenvalue weighted by molar-refractivity contribution is 5.94. The molecule has 3 amide bonds. The fraction of sp³-hybridized carbons (Fsp3) is 0.684. The van der Waals surface area contributed by atoms with Crippen LogP contribution in [0, 0.1) is 5.92 Å². The fourth-order valence-corrected chi connectivity index (χ4v) is 2.61. The molecule has 0 saturated carbocycles. The number of aliphatic carboxylic acids is 2. The first kappa shape index (κ1) is 30.5. The first-order chi connectivity index (χ1) is 15.8. The molecule has 12 N–H and O–H groups in total. The van der Waals surface area contributed by atoms with Gasteiger partial charge in [-0.25, -0.2) is 4.79 Å². The van der Waals surface area contributed by atoms with Gasteiger partial charge in [0.25, 0.3) is 0 Å². The molecule has 0 rings (SSSR count). The molecule has 0 aliphatic heterocycles. The number of carboxylic acids is 2. The van der Waals surface area contributed by atoms with Gasteiger partial charge in [-0.1, -0.05) is 13.8 Å². The van der Waals surface area contributed by atoms with E-state index in [1.807, 2.05) is 0 Å². The van der Waals surface area contributed by atoms with Gasteiger partial charge in [-0.15, -0.1) is 0 Å². The zero-order valence-corrected chi connectivity index (χ0v) is 19.2. The number of rotatable bonds is 16. The van der Waals surface area contributed by atoms with E-state index in [4.69, 9.17) is 22.3 Å². The second-order valence-electron chi connectivity index (χ2n) is 7.86. The van der Waals surface area contributed by atoms with E-state index in [9.17, 15) is 34.2 Å². The van der Waals surface area contributed by atoms with Crippen molar-refractivity contribution in [1.82, 2.24) is 16.0 Å². The van der Waals surface area contributed by atoms with E-state index in [0.29, 0.717) is 0 Å². The maximum Gasteiger partial charge on any atom is 0.326 e. The first-order valence-electron chi connectivity index (χ1n) is 10.6. The van der Waals surface area contributed by atoms with Crippen LogP contribution in [0.3, 0.4) is 0 Å². The minimum absolute atomic E-state index is 0.0418. The van der Waals surface area contributed by atoms with Crippen LogP contribution >= 0.6 is 0 Å². The zero-order chi connectivity index (χ0) is 26.4. The van der Waals surface area contributed by atoms with Crippen LogP contribution in [0.5, 0.6) is 0 Å². The molecule has 0 aliphatic carbocycles. The van der Waals surface area contributed by atoms with Gasteiger partial charge < -0.3 is 48.5 Å². The summed E-state index contributed by atoms with van der Waals surface area (Å²) >= 11 is 0. The molecule has 0 aromatic carbocycles. The number of guanidine groups is 1. The number of carbonyl (C=O) groups excluding carboxylic acids is 3. The van der Waals surface area contributed by atoms with E-state index in [1.54, 1.807) is 13.8 Å². The van der Waals surface area contributed by atoms with Crippen molar-refractivity contribution in [3.05, 3.63) is 0 Å². The molecular weight excluding hydrogens is 454 g/mol. The highest BCUT2D eigenvalue weighted by Gasteiger charge is 2.30. The molecule has 0 heterocycles. The Labute approximate surface area is 196 Å². The average molecular weight is 490 g/mol. The van der Waals surface area contributed by atoms with E-state index in [2.05, 4.69) is 20.9 Å². The van der Waals surface area contributed by atoms with E-state index in [1.165, 1.54) is 0 Å². The summed E-state index contributed by atoms with van der Waals surface area (Å²) in [6.45, 7) is 2.66. The second-order valence-corrected chi connectivity index (χ2v) is 7.86. The van der Waals surface area contributed by atoms with Crippen LogP contribution in [0.1, 0.15) is 39.5 Å². The van der Waals surface area contributed by atoms with Gasteiger partial charge in [0, 0.05) is 13.0 Å². The molecule has 0 radical (unpaired) electrons. The fourth-order valence-electron chi connectivity index (χ4n) is 2.61. The normalized spacial score (nSPS) is 14.3. The number of hydrogen-bond donors (Lipinski definition) is 9. The molecule has 0 saturated heterocycles. The smallest absolute Gasteiger partial charge is 0.326 e. The van der Waals surface area contributed by atoms with Crippen LogP contribution in [0.4, 0.5) is 0 Å². The lowest BCUT2D eigenvalue weighted by Gasteiger charge is -2.24. The van der Waals surface area contributed by atoms with Crippen molar-refractivity contribution < 1.29 is 39.3 Å². The molecule has 0 bridgehead atoms. The van der Waals surface area contributed by atoms with Gasteiger partial charge in [0.05, 0.1) is 12.6 Å². The van der Waals surface area contributed by atoms with Gasteiger partial charge in [0.15, 0.2) is 5.96 Å². The summed E-state index contributed by atoms with van der Waals surface area (Å²) in [6, 6.07) is -5.23. The highest BCUT2D eigenvalue weighted by Crippen LogP contribution is 2.04. The zero-order valence-electron chi connectivity index (χ0n) is 19.2. The lowest BCUT2D eigenvalue weighted by molar-refractivity contribution is -0.143. The van der Waals surface area contributed by atoms with E-state index in [-0.39, 0.29) is 37.7 Å². The van der Waals surface area contributed by atoms with E-state index >= 15 is 0 Å². The molecule has 15 nitrogen and oxygen atoms in total. The molecule has 0 aromatic rings.